The number of likely N-dealkylation sites (N-methyl/N-ethyl adjacent to an activating group) is 1. The lowest BCUT2D eigenvalue weighted by Crippen LogP contribution is -2.55. The molecular weight excluding hydrogens is 290 g/mol. The average molecular weight is 313 g/mol. The molecule has 0 spiro atoms. The minimum Gasteiger partial charge on any atom is -0.350 e. The summed E-state index contributed by atoms with van der Waals surface area (Å²) >= 11 is 0. The summed E-state index contributed by atoms with van der Waals surface area (Å²) in [6.45, 7) is 3.21. The number of hydrogen-bond donors (Lipinski definition) is 1. The van der Waals surface area contributed by atoms with Crippen molar-refractivity contribution in [3.05, 3.63) is 18.3 Å². The number of aromatic nitrogens is 1. The fourth-order valence-electron chi connectivity index (χ4n) is 2.42. The van der Waals surface area contributed by atoms with Crippen molar-refractivity contribution in [1.29, 1.82) is 0 Å². The second-order valence-corrected chi connectivity index (χ2v) is 7.64. The van der Waals surface area contributed by atoms with Gasteiger partial charge in [-0.25, -0.2) is 17.7 Å². The van der Waals surface area contributed by atoms with Crippen molar-refractivity contribution in [3.63, 3.8) is 0 Å². The second kappa shape index (κ2) is 6.27. The summed E-state index contributed by atoms with van der Waals surface area (Å²) in [7, 11) is 1.65. The van der Waals surface area contributed by atoms with Crippen LogP contribution in [0.3, 0.4) is 0 Å². The van der Waals surface area contributed by atoms with Crippen LogP contribution in [-0.2, 0) is 10.0 Å². The molecule has 1 unspecified atom stereocenters. The van der Waals surface area contributed by atoms with Gasteiger partial charge in [0, 0.05) is 46.5 Å². The quantitative estimate of drug-likeness (QED) is 0.800. The van der Waals surface area contributed by atoms with E-state index in [1.54, 1.807) is 12.1 Å². The number of piperazine rings is 1. The van der Waals surface area contributed by atoms with Crippen molar-refractivity contribution >= 4 is 15.8 Å². The Morgan fingerprint density at radius 2 is 2.10 bits per heavy atom. The minimum atomic E-state index is -3.43. The lowest BCUT2D eigenvalue weighted by Gasteiger charge is -2.40. The van der Waals surface area contributed by atoms with Gasteiger partial charge in [-0.3, -0.25) is 0 Å². The Labute approximate surface area is 126 Å². The first-order valence-corrected chi connectivity index (χ1v) is 8.34. The molecule has 1 fully saturated rings. The topological polar surface area (TPSA) is 82.8 Å². The van der Waals surface area contributed by atoms with E-state index in [-0.39, 0.29) is 10.9 Å². The van der Waals surface area contributed by atoms with Crippen molar-refractivity contribution in [3.8, 4) is 0 Å². The van der Waals surface area contributed by atoms with Gasteiger partial charge in [0.1, 0.15) is 10.7 Å². The lowest BCUT2D eigenvalue weighted by atomic mass is 10.1. The van der Waals surface area contributed by atoms with E-state index in [2.05, 4.69) is 21.8 Å². The summed E-state index contributed by atoms with van der Waals surface area (Å²) < 4.78 is 25.2. The van der Waals surface area contributed by atoms with Gasteiger partial charge in [-0.2, -0.15) is 0 Å². The van der Waals surface area contributed by atoms with Gasteiger partial charge in [-0.05, 0) is 19.2 Å². The summed E-state index contributed by atoms with van der Waals surface area (Å²) in [6, 6.07) is 3.56. The van der Waals surface area contributed by atoms with E-state index < -0.39 is 10.0 Å². The SMILES string of the molecule is CN1CCN(c2ccc(S(=O)(=O)N(C)C)cn2)C(CN)C1. The fourth-order valence-corrected chi connectivity index (χ4v) is 3.27. The summed E-state index contributed by atoms with van der Waals surface area (Å²) in [6.07, 6.45) is 1.41. The van der Waals surface area contributed by atoms with Crippen molar-refractivity contribution in [2.24, 2.45) is 5.73 Å². The standard InChI is InChI=1S/C13H23N5O2S/c1-16(2)21(19,20)12-4-5-13(15-9-12)18-7-6-17(3)10-11(18)8-14/h4-5,9,11H,6-8,10,14H2,1-3H3. The number of pyridine rings is 1. The number of rotatable bonds is 4. The molecule has 0 amide bonds. The van der Waals surface area contributed by atoms with Crippen LogP contribution in [0.15, 0.2) is 23.2 Å². The van der Waals surface area contributed by atoms with Crippen LogP contribution in [0.25, 0.3) is 0 Å². The van der Waals surface area contributed by atoms with Gasteiger partial charge >= 0.3 is 0 Å². The van der Waals surface area contributed by atoms with E-state index in [9.17, 15) is 8.42 Å². The molecule has 2 rings (SSSR count). The molecule has 0 bridgehead atoms. The Morgan fingerprint density at radius 1 is 1.38 bits per heavy atom. The van der Waals surface area contributed by atoms with Gasteiger partial charge in [0.25, 0.3) is 0 Å². The third-order valence-corrected chi connectivity index (χ3v) is 5.55. The van der Waals surface area contributed by atoms with Gasteiger partial charge in [0.05, 0.1) is 6.04 Å². The highest BCUT2D eigenvalue weighted by Gasteiger charge is 2.25. The molecule has 1 aromatic heterocycles. The normalized spacial score (nSPS) is 21.0. The maximum absolute atomic E-state index is 12.0. The van der Waals surface area contributed by atoms with Crippen molar-refractivity contribution < 1.29 is 8.42 Å². The van der Waals surface area contributed by atoms with E-state index in [0.717, 1.165) is 25.5 Å². The highest BCUT2D eigenvalue weighted by Crippen LogP contribution is 2.20. The second-order valence-electron chi connectivity index (χ2n) is 5.48. The van der Waals surface area contributed by atoms with Crippen LogP contribution in [-0.4, -0.2) is 76.0 Å². The monoisotopic (exact) mass is 313 g/mol. The molecular formula is C13H23N5O2S. The first-order valence-electron chi connectivity index (χ1n) is 6.90. The minimum absolute atomic E-state index is 0.201. The van der Waals surface area contributed by atoms with E-state index in [1.165, 1.54) is 24.6 Å². The van der Waals surface area contributed by atoms with E-state index in [4.69, 9.17) is 5.73 Å². The van der Waals surface area contributed by atoms with Crippen molar-refractivity contribution in [2.45, 2.75) is 10.9 Å². The number of sulfonamides is 1. The maximum atomic E-state index is 12.0. The molecule has 2 heterocycles. The number of hydrogen-bond acceptors (Lipinski definition) is 6. The molecule has 118 valence electrons. The van der Waals surface area contributed by atoms with Crippen LogP contribution in [0.4, 0.5) is 5.82 Å². The Balaban J connectivity index is 2.23. The van der Waals surface area contributed by atoms with Crippen LogP contribution in [0.2, 0.25) is 0 Å². The van der Waals surface area contributed by atoms with Gasteiger partial charge in [-0.1, -0.05) is 0 Å². The van der Waals surface area contributed by atoms with Crippen LogP contribution in [0.5, 0.6) is 0 Å². The predicted octanol–water partition coefficient (Wildman–Crippen LogP) is -0.589. The molecule has 0 aromatic carbocycles. The Bertz CT molecular complexity index is 573. The number of anilines is 1. The third kappa shape index (κ3) is 3.34. The van der Waals surface area contributed by atoms with E-state index >= 15 is 0 Å². The number of nitrogens with zero attached hydrogens (tertiary/aromatic N) is 4. The van der Waals surface area contributed by atoms with Crippen molar-refractivity contribution in [1.82, 2.24) is 14.2 Å². The third-order valence-electron chi connectivity index (χ3n) is 3.75. The van der Waals surface area contributed by atoms with Gasteiger partial charge in [-0.15, -0.1) is 0 Å². The van der Waals surface area contributed by atoms with Crippen LogP contribution < -0.4 is 10.6 Å². The molecule has 8 heteroatoms. The molecule has 7 nitrogen and oxygen atoms in total. The molecule has 1 aliphatic heterocycles. The first-order chi connectivity index (χ1) is 9.86. The maximum Gasteiger partial charge on any atom is 0.244 e. The zero-order valence-electron chi connectivity index (χ0n) is 12.7. The molecule has 1 saturated heterocycles. The average Bonchev–Trinajstić information content (AvgIpc) is 2.47. The zero-order valence-corrected chi connectivity index (χ0v) is 13.5. The molecule has 21 heavy (non-hydrogen) atoms. The zero-order chi connectivity index (χ0) is 15.6. The summed E-state index contributed by atoms with van der Waals surface area (Å²) in [5, 5.41) is 0. The van der Waals surface area contributed by atoms with E-state index in [1.807, 2.05) is 0 Å². The molecule has 0 aliphatic carbocycles. The van der Waals surface area contributed by atoms with Crippen LogP contribution in [0.1, 0.15) is 0 Å². The largest absolute Gasteiger partial charge is 0.350 e. The highest BCUT2D eigenvalue weighted by atomic mass is 32.2. The Morgan fingerprint density at radius 3 is 2.62 bits per heavy atom. The molecule has 2 N–H and O–H groups in total. The molecule has 1 atom stereocenters. The highest BCUT2D eigenvalue weighted by molar-refractivity contribution is 7.89. The van der Waals surface area contributed by atoms with Crippen LogP contribution in [0, 0.1) is 0 Å². The lowest BCUT2D eigenvalue weighted by molar-refractivity contribution is 0.269. The Kier molecular flexibility index (Phi) is 4.82. The van der Waals surface area contributed by atoms with Crippen LogP contribution >= 0.6 is 0 Å². The van der Waals surface area contributed by atoms with Gasteiger partial charge < -0.3 is 15.5 Å². The fraction of sp³-hybridized carbons (Fsp3) is 0.615. The summed E-state index contributed by atoms with van der Waals surface area (Å²) in [5.41, 5.74) is 5.83. The number of nitrogens with two attached hydrogens (primary N) is 1. The van der Waals surface area contributed by atoms with Crippen molar-refractivity contribution in [2.75, 3.05) is 52.2 Å². The molecule has 0 radical (unpaired) electrons. The van der Waals surface area contributed by atoms with E-state index in [0.29, 0.717) is 6.54 Å². The molecule has 1 aliphatic rings. The smallest absolute Gasteiger partial charge is 0.244 e. The Hall–Kier alpha value is -1.22. The summed E-state index contributed by atoms with van der Waals surface area (Å²) in [5.74, 6) is 0.774. The van der Waals surface area contributed by atoms with Gasteiger partial charge in [0.2, 0.25) is 10.0 Å². The molecule has 0 saturated carbocycles. The predicted molar refractivity (Wildman–Crippen MR) is 82.8 cm³/mol. The molecule has 1 aromatic rings. The summed E-state index contributed by atoms with van der Waals surface area (Å²) in [4.78, 5) is 8.90. The first kappa shape index (κ1) is 16.2. The van der Waals surface area contributed by atoms with Gasteiger partial charge in [0.15, 0.2) is 0 Å².